The predicted octanol–water partition coefficient (Wildman–Crippen LogP) is 0.825. The fourth-order valence-electron chi connectivity index (χ4n) is 2.08. The third-order valence-electron chi connectivity index (χ3n) is 3.34. The van der Waals surface area contributed by atoms with E-state index in [1.165, 1.54) is 11.9 Å². The molecule has 0 aliphatic heterocycles. The van der Waals surface area contributed by atoms with Gasteiger partial charge in [0.2, 0.25) is 0 Å². The number of ether oxygens (including phenoxy) is 1. The van der Waals surface area contributed by atoms with Crippen LogP contribution in [-0.4, -0.2) is 63.3 Å². The van der Waals surface area contributed by atoms with E-state index in [0.717, 1.165) is 18.0 Å². The van der Waals surface area contributed by atoms with E-state index in [1.54, 1.807) is 0 Å². The highest BCUT2D eigenvalue weighted by Gasteiger charge is 2.18. The topological polar surface area (TPSA) is 113 Å². The minimum atomic E-state index is -1.22. The minimum Gasteiger partial charge on any atom is -0.476 e. The lowest BCUT2D eigenvalue weighted by molar-refractivity contribution is 0.0135. The number of likely N-dealkylation sites (N-methyl/N-ethyl adjacent to an activating group) is 1. The molecular formula is C17H19N3O5. The van der Waals surface area contributed by atoms with Crippen LogP contribution in [0.5, 0.6) is 0 Å². The van der Waals surface area contributed by atoms with E-state index in [4.69, 9.17) is 9.84 Å². The van der Waals surface area contributed by atoms with Gasteiger partial charge in [-0.05, 0) is 5.56 Å². The van der Waals surface area contributed by atoms with Gasteiger partial charge in [0, 0.05) is 13.6 Å². The Bertz CT molecular complexity index is 706. The molecule has 0 saturated carbocycles. The molecule has 1 atom stereocenters. The van der Waals surface area contributed by atoms with Crippen molar-refractivity contribution in [3.8, 4) is 0 Å². The Balaban J connectivity index is 1.80. The molecule has 2 N–H and O–H groups in total. The highest BCUT2D eigenvalue weighted by molar-refractivity contribution is 5.92. The molecule has 0 saturated heterocycles. The molecule has 1 aromatic carbocycles. The highest BCUT2D eigenvalue weighted by atomic mass is 16.5. The molecule has 1 aromatic heterocycles. The van der Waals surface area contributed by atoms with Crippen LogP contribution in [0.2, 0.25) is 0 Å². The van der Waals surface area contributed by atoms with Crippen LogP contribution >= 0.6 is 0 Å². The summed E-state index contributed by atoms with van der Waals surface area (Å²) in [7, 11) is 1.51. The molecule has 0 fully saturated rings. The number of carbonyl (C=O) groups excluding carboxylic acids is 1. The molecule has 2 aromatic rings. The average molecular weight is 345 g/mol. The number of hydrogen-bond donors (Lipinski definition) is 2. The van der Waals surface area contributed by atoms with Crippen LogP contribution in [0.15, 0.2) is 42.7 Å². The SMILES string of the molecule is CN(CC(O)COCc1ccccc1)C(=O)c1cnc(C(=O)O)cn1. The zero-order chi connectivity index (χ0) is 18.2. The third-order valence-corrected chi connectivity index (χ3v) is 3.34. The van der Waals surface area contributed by atoms with E-state index in [2.05, 4.69) is 9.97 Å². The van der Waals surface area contributed by atoms with Gasteiger partial charge in [-0.3, -0.25) is 4.79 Å². The lowest BCUT2D eigenvalue weighted by Crippen LogP contribution is -2.36. The Morgan fingerprint density at radius 1 is 1.16 bits per heavy atom. The van der Waals surface area contributed by atoms with Gasteiger partial charge in [0.15, 0.2) is 5.69 Å². The Labute approximate surface area is 144 Å². The van der Waals surface area contributed by atoms with Gasteiger partial charge in [-0.25, -0.2) is 14.8 Å². The van der Waals surface area contributed by atoms with Gasteiger partial charge in [-0.15, -0.1) is 0 Å². The molecule has 8 nitrogen and oxygen atoms in total. The molecule has 1 unspecified atom stereocenters. The van der Waals surface area contributed by atoms with Crippen molar-refractivity contribution in [2.45, 2.75) is 12.7 Å². The van der Waals surface area contributed by atoms with Gasteiger partial charge < -0.3 is 19.8 Å². The number of amides is 1. The molecule has 132 valence electrons. The Morgan fingerprint density at radius 3 is 2.40 bits per heavy atom. The second-order valence-corrected chi connectivity index (χ2v) is 5.43. The van der Waals surface area contributed by atoms with Crippen LogP contribution in [-0.2, 0) is 11.3 Å². The summed E-state index contributed by atoms with van der Waals surface area (Å²) in [5, 5.41) is 18.7. The smallest absolute Gasteiger partial charge is 0.356 e. The fraction of sp³-hybridized carbons (Fsp3) is 0.294. The zero-order valence-electron chi connectivity index (χ0n) is 13.7. The summed E-state index contributed by atoms with van der Waals surface area (Å²) >= 11 is 0. The molecule has 0 spiro atoms. The maximum absolute atomic E-state index is 12.2. The largest absolute Gasteiger partial charge is 0.476 e. The minimum absolute atomic E-state index is 0.00454. The molecule has 25 heavy (non-hydrogen) atoms. The first-order valence-corrected chi connectivity index (χ1v) is 7.58. The number of aromatic carboxylic acids is 1. The summed E-state index contributed by atoms with van der Waals surface area (Å²) in [5.74, 6) is -1.68. The van der Waals surface area contributed by atoms with E-state index < -0.39 is 18.0 Å². The van der Waals surface area contributed by atoms with Crippen molar-refractivity contribution in [1.82, 2.24) is 14.9 Å². The lowest BCUT2D eigenvalue weighted by atomic mass is 10.2. The standard InChI is InChI=1S/C17H19N3O5/c1-20(16(22)14-7-19-15(8-18-14)17(23)24)9-13(21)11-25-10-12-5-3-2-4-6-12/h2-8,13,21H,9-11H2,1H3,(H,23,24). The monoisotopic (exact) mass is 345 g/mol. The molecule has 0 aliphatic carbocycles. The van der Waals surface area contributed by atoms with Crippen molar-refractivity contribution >= 4 is 11.9 Å². The Kier molecular flexibility index (Phi) is 6.55. The van der Waals surface area contributed by atoms with Gasteiger partial charge in [0.25, 0.3) is 5.91 Å². The van der Waals surface area contributed by atoms with Gasteiger partial charge in [0.05, 0.1) is 31.7 Å². The van der Waals surface area contributed by atoms with Crippen LogP contribution in [0, 0.1) is 0 Å². The van der Waals surface area contributed by atoms with Crippen LogP contribution in [0.25, 0.3) is 0 Å². The van der Waals surface area contributed by atoms with Crippen molar-refractivity contribution in [1.29, 1.82) is 0 Å². The van der Waals surface area contributed by atoms with Crippen LogP contribution < -0.4 is 0 Å². The third kappa shape index (κ3) is 5.63. The van der Waals surface area contributed by atoms with Crippen molar-refractivity contribution < 1.29 is 24.5 Å². The van der Waals surface area contributed by atoms with Gasteiger partial charge in [-0.1, -0.05) is 30.3 Å². The maximum atomic E-state index is 12.2. The number of carboxylic acids is 1. The number of aromatic nitrogens is 2. The van der Waals surface area contributed by atoms with Crippen molar-refractivity contribution in [3.63, 3.8) is 0 Å². The van der Waals surface area contributed by atoms with Crippen molar-refractivity contribution in [2.75, 3.05) is 20.2 Å². The number of rotatable bonds is 8. The molecule has 0 bridgehead atoms. The van der Waals surface area contributed by atoms with Crippen molar-refractivity contribution in [2.24, 2.45) is 0 Å². The number of benzene rings is 1. The molecule has 1 amide bonds. The average Bonchev–Trinajstić information content (AvgIpc) is 2.62. The molecule has 8 heteroatoms. The summed E-state index contributed by atoms with van der Waals surface area (Å²) in [4.78, 5) is 31.6. The molecule has 1 heterocycles. The summed E-state index contributed by atoms with van der Waals surface area (Å²) in [6.07, 6.45) is 1.26. The zero-order valence-corrected chi connectivity index (χ0v) is 13.7. The van der Waals surface area contributed by atoms with E-state index in [1.807, 2.05) is 30.3 Å². The second kappa shape index (κ2) is 8.86. The first-order valence-electron chi connectivity index (χ1n) is 7.58. The number of carboxylic acid groups (broad SMARTS) is 1. The van der Waals surface area contributed by atoms with Gasteiger partial charge in [-0.2, -0.15) is 0 Å². The van der Waals surface area contributed by atoms with Crippen LogP contribution in [0.4, 0.5) is 0 Å². The van der Waals surface area contributed by atoms with E-state index in [-0.39, 0.29) is 24.5 Å². The van der Waals surface area contributed by atoms with Gasteiger partial charge >= 0.3 is 5.97 Å². The number of carbonyl (C=O) groups is 2. The fourth-order valence-corrected chi connectivity index (χ4v) is 2.08. The Hall–Kier alpha value is -2.84. The lowest BCUT2D eigenvalue weighted by Gasteiger charge is -2.20. The Morgan fingerprint density at radius 2 is 1.80 bits per heavy atom. The number of aliphatic hydroxyl groups excluding tert-OH is 1. The van der Waals surface area contributed by atoms with Crippen LogP contribution in [0.3, 0.4) is 0 Å². The predicted molar refractivity (Wildman–Crippen MR) is 88.1 cm³/mol. The summed E-state index contributed by atoms with van der Waals surface area (Å²) in [6.45, 7) is 0.504. The summed E-state index contributed by atoms with van der Waals surface area (Å²) in [6, 6.07) is 9.55. The number of aliphatic hydroxyl groups is 1. The highest BCUT2D eigenvalue weighted by Crippen LogP contribution is 2.04. The van der Waals surface area contributed by atoms with Gasteiger partial charge in [0.1, 0.15) is 5.69 Å². The number of hydrogen-bond acceptors (Lipinski definition) is 6. The number of nitrogens with zero attached hydrogens (tertiary/aromatic N) is 3. The first kappa shape index (κ1) is 18.5. The normalized spacial score (nSPS) is 11.8. The first-order chi connectivity index (χ1) is 12.0. The van der Waals surface area contributed by atoms with E-state index >= 15 is 0 Å². The van der Waals surface area contributed by atoms with Crippen LogP contribution in [0.1, 0.15) is 26.5 Å². The van der Waals surface area contributed by atoms with E-state index in [0.29, 0.717) is 6.61 Å². The molecule has 0 radical (unpaired) electrons. The quantitative estimate of drug-likeness (QED) is 0.728. The summed E-state index contributed by atoms with van der Waals surface area (Å²) in [5.41, 5.74) is 0.756. The summed E-state index contributed by atoms with van der Waals surface area (Å²) < 4.78 is 5.43. The van der Waals surface area contributed by atoms with E-state index in [9.17, 15) is 14.7 Å². The maximum Gasteiger partial charge on any atom is 0.356 e. The van der Waals surface area contributed by atoms with Crippen molar-refractivity contribution in [3.05, 3.63) is 59.7 Å². The molecule has 2 rings (SSSR count). The molecular weight excluding hydrogens is 326 g/mol. The second-order valence-electron chi connectivity index (χ2n) is 5.43. The molecule has 0 aliphatic rings.